The number of nitrogens with one attached hydrogen (secondary N) is 1. The van der Waals surface area contributed by atoms with Crippen LogP contribution in [0.2, 0.25) is 0 Å². The van der Waals surface area contributed by atoms with Crippen LogP contribution >= 0.6 is 28.3 Å². The molecule has 1 saturated heterocycles. The van der Waals surface area contributed by atoms with Crippen molar-refractivity contribution in [2.45, 2.75) is 18.2 Å². The van der Waals surface area contributed by atoms with Crippen molar-refractivity contribution in [1.29, 1.82) is 0 Å². The fraction of sp³-hybridized carbons (Fsp3) is 0.462. The number of rotatable bonds is 2. The molecule has 6 nitrogen and oxygen atoms in total. The molecule has 0 atom stereocenters. The summed E-state index contributed by atoms with van der Waals surface area (Å²) in [6.07, 6.45) is 0.876. The molecule has 1 aliphatic heterocycles. The highest BCUT2D eigenvalue weighted by molar-refractivity contribution is 9.10. The summed E-state index contributed by atoms with van der Waals surface area (Å²) in [5, 5.41) is 8.44. The normalized spacial score (nSPS) is 15.9. The van der Waals surface area contributed by atoms with Crippen molar-refractivity contribution >= 4 is 44.3 Å². The zero-order chi connectivity index (χ0) is 15.6. The Morgan fingerprint density at radius 2 is 2.00 bits per heavy atom. The number of halogens is 2. The van der Waals surface area contributed by atoms with E-state index in [0.29, 0.717) is 28.7 Å². The van der Waals surface area contributed by atoms with Crippen molar-refractivity contribution in [2.24, 2.45) is 5.14 Å². The third-order valence-corrected chi connectivity index (χ3v) is 4.98. The molecule has 1 aromatic carbocycles. The van der Waals surface area contributed by atoms with Gasteiger partial charge >= 0.3 is 0 Å². The van der Waals surface area contributed by atoms with E-state index in [2.05, 4.69) is 21.2 Å². The average Bonchev–Trinajstić information content (AvgIpc) is 2.68. The molecule has 3 N–H and O–H groups in total. The van der Waals surface area contributed by atoms with Gasteiger partial charge < -0.3 is 10.2 Å². The summed E-state index contributed by atoms with van der Waals surface area (Å²) in [6.45, 7) is 4.48. The molecule has 22 heavy (non-hydrogen) atoms. The summed E-state index contributed by atoms with van der Waals surface area (Å²) in [4.78, 5) is 14.4. The largest absolute Gasteiger partial charge is 0.337 e. The minimum Gasteiger partial charge on any atom is -0.337 e. The number of benzene rings is 1. The predicted molar refractivity (Wildman–Crippen MR) is 90.9 cm³/mol. The molecule has 0 spiro atoms. The lowest BCUT2D eigenvalue weighted by Crippen LogP contribution is -2.34. The molecule has 0 radical (unpaired) electrons. The highest BCUT2D eigenvalue weighted by Crippen LogP contribution is 2.25. The van der Waals surface area contributed by atoms with Gasteiger partial charge in [-0.05, 0) is 37.6 Å². The molecule has 9 heteroatoms. The molecule has 0 bridgehead atoms. The monoisotopic (exact) mass is 411 g/mol. The number of hydrogen-bond donors (Lipinski definition) is 2. The first-order valence-corrected chi connectivity index (χ1v) is 8.97. The number of hydrogen-bond acceptors (Lipinski definition) is 4. The quantitative estimate of drug-likeness (QED) is 0.765. The van der Waals surface area contributed by atoms with Gasteiger partial charge in [-0.1, -0.05) is 15.9 Å². The van der Waals surface area contributed by atoms with Gasteiger partial charge in [-0.15, -0.1) is 12.4 Å². The van der Waals surface area contributed by atoms with Gasteiger partial charge in [-0.2, -0.15) is 0 Å². The van der Waals surface area contributed by atoms with Gasteiger partial charge in [0.25, 0.3) is 5.91 Å². The van der Waals surface area contributed by atoms with Crippen molar-refractivity contribution in [3.63, 3.8) is 0 Å². The van der Waals surface area contributed by atoms with Crippen LogP contribution in [0, 0.1) is 6.92 Å². The fourth-order valence-electron chi connectivity index (χ4n) is 2.39. The fourth-order valence-corrected chi connectivity index (χ4v) is 3.83. The second kappa shape index (κ2) is 7.74. The summed E-state index contributed by atoms with van der Waals surface area (Å²) in [5.74, 6) is -0.164. The van der Waals surface area contributed by atoms with E-state index < -0.39 is 10.0 Å². The SMILES string of the molecule is Cc1c(C(=O)N2CCCNCC2)cc(Br)cc1S(N)(=O)=O.Cl. The average molecular weight is 413 g/mol. The van der Waals surface area contributed by atoms with E-state index in [4.69, 9.17) is 5.14 Å². The van der Waals surface area contributed by atoms with Crippen LogP contribution in [-0.4, -0.2) is 45.4 Å². The van der Waals surface area contributed by atoms with Gasteiger partial charge in [0.15, 0.2) is 0 Å². The maximum Gasteiger partial charge on any atom is 0.254 e. The summed E-state index contributed by atoms with van der Waals surface area (Å²) in [5.41, 5.74) is 0.762. The third-order valence-electron chi connectivity index (χ3n) is 3.49. The molecule has 1 amide bonds. The summed E-state index contributed by atoms with van der Waals surface area (Å²) in [6, 6.07) is 3.07. The minimum absolute atomic E-state index is 0. The molecule has 1 aliphatic rings. The Hall–Kier alpha value is -0.670. The molecule has 0 aliphatic carbocycles. The van der Waals surface area contributed by atoms with Crippen LogP contribution in [-0.2, 0) is 10.0 Å². The zero-order valence-electron chi connectivity index (χ0n) is 12.1. The Morgan fingerprint density at radius 3 is 2.64 bits per heavy atom. The summed E-state index contributed by atoms with van der Waals surface area (Å²) < 4.78 is 23.8. The Kier molecular flexibility index (Phi) is 6.82. The van der Waals surface area contributed by atoms with Crippen LogP contribution in [0.4, 0.5) is 0 Å². The van der Waals surface area contributed by atoms with Crippen molar-refractivity contribution in [3.8, 4) is 0 Å². The van der Waals surface area contributed by atoms with Crippen LogP contribution < -0.4 is 10.5 Å². The Labute approximate surface area is 145 Å². The second-order valence-electron chi connectivity index (χ2n) is 5.02. The van der Waals surface area contributed by atoms with E-state index in [1.165, 1.54) is 6.07 Å². The second-order valence-corrected chi connectivity index (χ2v) is 7.46. The van der Waals surface area contributed by atoms with Gasteiger partial charge in [-0.3, -0.25) is 4.79 Å². The highest BCUT2D eigenvalue weighted by atomic mass is 79.9. The topological polar surface area (TPSA) is 92.5 Å². The molecule has 1 fully saturated rings. The van der Waals surface area contributed by atoms with Crippen LogP contribution in [0.25, 0.3) is 0 Å². The Balaban J connectivity index is 0.00000242. The number of sulfonamides is 1. The number of primary sulfonamides is 1. The molecule has 1 heterocycles. The van der Waals surface area contributed by atoms with Crippen molar-refractivity contribution in [1.82, 2.24) is 10.2 Å². The van der Waals surface area contributed by atoms with E-state index in [1.54, 1.807) is 17.9 Å². The lowest BCUT2D eigenvalue weighted by atomic mass is 10.1. The molecule has 1 aromatic rings. The summed E-state index contributed by atoms with van der Waals surface area (Å²) in [7, 11) is -3.86. The number of nitrogens with zero attached hydrogens (tertiary/aromatic N) is 1. The lowest BCUT2D eigenvalue weighted by Gasteiger charge is -2.22. The number of carbonyl (C=O) groups is 1. The smallest absolute Gasteiger partial charge is 0.254 e. The van der Waals surface area contributed by atoms with Crippen LogP contribution in [0.1, 0.15) is 22.3 Å². The molecule has 0 aromatic heterocycles. The molecular weight excluding hydrogens is 394 g/mol. The van der Waals surface area contributed by atoms with E-state index >= 15 is 0 Å². The van der Waals surface area contributed by atoms with Crippen LogP contribution in [0.15, 0.2) is 21.5 Å². The summed E-state index contributed by atoms with van der Waals surface area (Å²) >= 11 is 3.24. The first-order chi connectivity index (χ1) is 9.80. The first-order valence-electron chi connectivity index (χ1n) is 6.63. The van der Waals surface area contributed by atoms with Gasteiger partial charge in [0, 0.05) is 29.7 Å². The molecule has 124 valence electrons. The zero-order valence-corrected chi connectivity index (χ0v) is 15.4. The first kappa shape index (κ1) is 19.4. The molecule has 2 rings (SSSR count). The number of amides is 1. The van der Waals surface area contributed by atoms with E-state index in [0.717, 1.165) is 19.5 Å². The number of carbonyl (C=O) groups excluding carboxylic acids is 1. The molecule has 0 saturated carbocycles. The predicted octanol–water partition coefficient (Wildman–Crippen LogP) is 1.26. The van der Waals surface area contributed by atoms with Crippen molar-refractivity contribution < 1.29 is 13.2 Å². The Morgan fingerprint density at radius 1 is 1.32 bits per heavy atom. The Bertz CT molecular complexity index is 659. The lowest BCUT2D eigenvalue weighted by molar-refractivity contribution is 0.0765. The molecular formula is C13H19BrClN3O3S. The van der Waals surface area contributed by atoms with Gasteiger partial charge in [-0.25, -0.2) is 13.6 Å². The highest BCUT2D eigenvalue weighted by Gasteiger charge is 2.23. The standard InChI is InChI=1S/C13H18BrN3O3S.ClH/c1-9-11(7-10(14)8-12(9)21(15,19)20)13(18)17-5-2-3-16-4-6-17;/h7-8,16H,2-6H2,1H3,(H2,15,19,20);1H. The van der Waals surface area contributed by atoms with Gasteiger partial charge in [0.1, 0.15) is 0 Å². The third kappa shape index (κ3) is 4.42. The van der Waals surface area contributed by atoms with E-state index in [9.17, 15) is 13.2 Å². The van der Waals surface area contributed by atoms with E-state index in [-0.39, 0.29) is 23.2 Å². The number of nitrogens with two attached hydrogens (primary N) is 1. The molecule has 0 unspecified atom stereocenters. The van der Waals surface area contributed by atoms with Crippen molar-refractivity contribution in [3.05, 3.63) is 27.7 Å². The van der Waals surface area contributed by atoms with Crippen LogP contribution in [0.3, 0.4) is 0 Å². The van der Waals surface area contributed by atoms with Crippen molar-refractivity contribution in [2.75, 3.05) is 26.2 Å². The van der Waals surface area contributed by atoms with Gasteiger partial charge in [0.05, 0.1) is 4.90 Å². The maximum absolute atomic E-state index is 12.6. The van der Waals surface area contributed by atoms with E-state index in [1.807, 2.05) is 0 Å². The maximum atomic E-state index is 12.6. The van der Waals surface area contributed by atoms with Crippen LogP contribution in [0.5, 0.6) is 0 Å². The minimum atomic E-state index is -3.86. The van der Waals surface area contributed by atoms with Gasteiger partial charge in [0.2, 0.25) is 10.0 Å².